The second kappa shape index (κ2) is 10.1. The quantitative estimate of drug-likeness (QED) is 0.259. The van der Waals surface area contributed by atoms with Crippen molar-refractivity contribution in [3.8, 4) is 5.75 Å². The third-order valence-corrected chi connectivity index (χ3v) is 5.16. The number of benzene rings is 1. The zero-order valence-electron chi connectivity index (χ0n) is 18.7. The van der Waals surface area contributed by atoms with Crippen LogP contribution in [0.2, 0.25) is 0 Å². The standard InChI is InChI=1S/C26H30O5/c1-17(2)12-14-26(15-13-18(3)4)23(29)16-22(31-5)24(25(26)30)21(28)11-8-19-6-9-20(27)10-7-19/h6-13,16,27-28H,14-15H2,1-5H3/b11-8+,24-21-. The number of ether oxygens (including phenoxy) is 1. The van der Waals surface area contributed by atoms with Crippen molar-refractivity contribution in [3.05, 3.63) is 82.4 Å². The molecule has 0 aliphatic heterocycles. The number of carbonyl (C=O) groups is 2. The number of phenols is 1. The molecule has 5 heteroatoms. The zero-order chi connectivity index (χ0) is 23.2. The van der Waals surface area contributed by atoms with Gasteiger partial charge in [-0.15, -0.1) is 0 Å². The van der Waals surface area contributed by atoms with E-state index in [2.05, 4.69) is 0 Å². The third kappa shape index (κ3) is 5.63. The molecule has 1 aromatic carbocycles. The molecule has 31 heavy (non-hydrogen) atoms. The summed E-state index contributed by atoms with van der Waals surface area (Å²) in [4.78, 5) is 26.8. The molecule has 1 aliphatic rings. The van der Waals surface area contributed by atoms with Gasteiger partial charge in [-0.2, -0.15) is 0 Å². The van der Waals surface area contributed by atoms with Crippen LogP contribution < -0.4 is 0 Å². The second-order valence-electron chi connectivity index (χ2n) is 8.14. The van der Waals surface area contributed by atoms with Crippen molar-refractivity contribution in [2.45, 2.75) is 40.5 Å². The Morgan fingerprint density at radius 2 is 1.55 bits per heavy atom. The first-order valence-electron chi connectivity index (χ1n) is 10.1. The monoisotopic (exact) mass is 422 g/mol. The number of methoxy groups -OCH3 is 1. The van der Waals surface area contributed by atoms with E-state index >= 15 is 0 Å². The van der Waals surface area contributed by atoms with Crippen molar-refractivity contribution in [1.29, 1.82) is 0 Å². The third-order valence-electron chi connectivity index (χ3n) is 5.16. The van der Waals surface area contributed by atoms with Gasteiger partial charge in [0.25, 0.3) is 0 Å². The van der Waals surface area contributed by atoms with E-state index in [1.54, 1.807) is 18.2 Å². The Bertz CT molecular complexity index is 973. The van der Waals surface area contributed by atoms with Gasteiger partial charge in [0.05, 0.1) is 7.11 Å². The van der Waals surface area contributed by atoms with Gasteiger partial charge in [0.1, 0.15) is 28.3 Å². The highest BCUT2D eigenvalue weighted by Crippen LogP contribution is 2.41. The van der Waals surface area contributed by atoms with Crippen molar-refractivity contribution >= 4 is 17.6 Å². The van der Waals surface area contributed by atoms with Gasteiger partial charge in [0, 0.05) is 6.08 Å². The smallest absolute Gasteiger partial charge is 0.184 e. The van der Waals surface area contributed by atoms with Crippen LogP contribution in [0.15, 0.2) is 76.8 Å². The maximum atomic E-state index is 13.7. The number of phenolic OH excluding ortho intramolecular Hbond substituents is 1. The number of carbonyl (C=O) groups excluding carboxylic acids is 2. The van der Waals surface area contributed by atoms with Crippen LogP contribution in [0, 0.1) is 5.41 Å². The number of aromatic hydroxyl groups is 1. The molecule has 0 heterocycles. The lowest BCUT2D eigenvalue weighted by Crippen LogP contribution is -2.43. The highest BCUT2D eigenvalue weighted by molar-refractivity contribution is 6.23. The van der Waals surface area contributed by atoms with Crippen molar-refractivity contribution in [3.63, 3.8) is 0 Å². The molecule has 0 amide bonds. The Labute approximate surface area is 183 Å². The van der Waals surface area contributed by atoms with E-state index in [0.717, 1.165) is 16.7 Å². The molecule has 5 nitrogen and oxygen atoms in total. The molecule has 0 spiro atoms. The van der Waals surface area contributed by atoms with E-state index in [0.29, 0.717) is 0 Å². The van der Waals surface area contributed by atoms with Gasteiger partial charge < -0.3 is 14.9 Å². The van der Waals surface area contributed by atoms with Crippen LogP contribution in [0.1, 0.15) is 46.1 Å². The van der Waals surface area contributed by atoms with Crippen LogP contribution in [0.4, 0.5) is 0 Å². The molecule has 2 N–H and O–H groups in total. The summed E-state index contributed by atoms with van der Waals surface area (Å²) in [5.41, 5.74) is 1.39. The summed E-state index contributed by atoms with van der Waals surface area (Å²) < 4.78 is 5.28. The van der Waals surface area contributed by atoms with Gasteiger partial charge >= 0.3 is 0 Å². The number of aliphatic hydroxyl groups excluding tert-OH is 1. The normalized spacial score (nSPS) is 17.3. The van der Waals surface area contributed by atoms with Gasteiger partial charge in [-0.1, -0.05) is 41.5 Å². The van der Waals surface area contributed by atoms with E-state index in [1.807, 2.05) is 39.8 Å². The van der Waals surface area contributed by atoms with E-state index in [4.69, 9.17) is 4.74 Å². The number of rotatable bonds is 7. The average molecular weight is 423 g/mol. The number of Topliss-reactive ketones (excluding diaryl/α,β-unsaturated/α-hetero) is 1. The Hall–Kier alpha value is -3.34. The van der Waals surface area contributed by atoms with Gasteiger partial charge in [0.2, 0.25) is 0 Å². The number of ketones is 2. The summed E-state index contributed by atoms with van der Waals surface area (Å²) in [6, 6.07) is 6.41. The lowest BCUT2D eigenvalue weighted by molar-refractivity contribution is -0.136. The Kier molecular flexibility index (Phi) is 7.81. The summed E-state index contributed by atoms with van der Waals surface area (Å²) in [5, 5.41) is 20.2. The molecule has 0 saturated carbocycles. The first-order chi connectivity index (χ1) is 14.6. The van der Waals surface area contributed by atoms with Gasteiger partial charge in [-0.25, -0.2) is 0 Å². The van der Waals surface area contributed by atoms with E-state index in [-0.39, 0.29) is 41.5 Å². The van der Waals surface area contributed by atoms with Crippen LogP contribution in [0.25, 0.3) is 6.08 Å². The fourth-order valence-electron chi connectivity index (χ4n) is 3.27. The fraction of sp³-hybridized carbons (Fsp3) is 0.308. The van der Waals surface area contributed by atoms with Crippen molar-refractivity contribution in [2.24, 2.45) is 5.41 Å². The molecular weight excluding hydrogens is 392 g/mol. The van der Waals surface area contributed by atoms with Crippen molar-refractivity contribution in [2.75, 3.05) is 7.11 Å². The van der Waals surface area contributed by atoms with E-state index in [1.165, 1.54) is 31.4 Å². The Morgan fingerprint density at radius 3 is 2.03 bits per heavy atom. The second-order valence-corrected chi connectivity index (χ2v) is 8.14. The van der Waals surface area contributed by atoms with Gasteiger partial charge in [-0.3, -0.25) is 9.59 Å². The summed E-state index contributed by atoms with van der Waals surface area (Å²) in [7, 11) is 1.36. The van der Waals surface area contributed by atoms with E-state index < -0.39 is 11.2 Å². The maximum absolute atomic E-state index is 13.7. The number of hydrogen-bond donors (Lipinski definition) is 2. The molecule has 0 saturated heterocycles. The maximum Gasteiger partial charge on any atom is 0.184 e. The predicted molar refractivity (Wildman–Crippen MR) is 122 cm³/mol. The molecule has 0 fully saturated rings. The minimum Gasteiger partial charge on any atom is -0.508 e. The molecule has 164 valence electrons. The number of allylic oxidation sites excluding steroid dienone is 7. The van der Waals surface area contributed by atoms with Crippen molar-refractivity contribution < 1.29 is 24.5 Å². The summed E-state index contributed by atoms with van der Waals surface area (Å²) in [6.45, 7) is 7.66. The highest BCUT2D eigenvalue weighted by Gasteiger charge is 2.49. The van der Waals surface area contributed by atoms with Crippen LogP contribution >= 0.6 is 0 Å². The molecule has 0 atom stereocenters. The lowest BCUT2D eigenvalue weighted by atomic mass is 9.67. The molecular formula is C26H30O5. The minimum atomic E-state index is -1.33. The topological polar surface area (TPSA) is 83.8 Å². The zero-order valence-corrected chi connectivity index (χ0v) is 18.7. The molecule has 2 rings (SSSR count). The van der Waals surface area contributed by atoms with Gasteiger partial charge in [0.15, 0.2) is 11.6 Å². The lowest BCUT2D eigenvalue weighted by Gasteiger charge is -2.33. The molecule has 1 aliphatic carbocycles. The average Bonchev–Trinajstić information content (AvgIpc) is 2.72. The number of aliphatic hydroxyl groups is 1. The first kappa shape index (κ1) is 23.9. The minimum absolute atomic E-state index is 0.0126. The van der Waals surface area contributed by atoms with Crippen LogP contribution in [0.3, 0.4) is 0 Å². The largest absolute Gasteiger partial charge is 0.508 e. The Balaban J connectivity index is 2.60. The molecule has 1 aromatic rings. The predicted octanol–water partition coefficient (Wildman–Crippen LogP) is 5.60. The van der Waals surface area contributed by atoms with Crippen LogP contribution in [0.5, 0.6) is 5.75 Å². The van der Waals surface area contributed by atoms with Crippen LogP contribution in [-0.4, -0.2) is 28.9 Å². The molecule has 0 bridgehead atoms. The SMILES string of the molecule is COC1=CC(=O)C(CC=C(C)C)(CC=C(C)C)C(=O)/C1=C(O)/C=C/c1ccc(O)cc1. The summed E-state index contributed by atoms with van der Waals surface area (Å²) in [6.07, 6.45) is 8.55. The molecule has 0 unspecified atom stereocenters. The number of hydrogen-bond acceptors (Lipinski definition) is 5. The Morgan fingerprint density at radius 1 is 1.00 bits per heavy atom. The summed E-state index contributed by atoms with van der Waals surface area (Å²) >= 11 is 0. The fourth-order valence-corrected chi connectivity index (χ4v) is 3.27. The molecule has 0 aromatic heterocycles. The van der Waals surface area contributed by atoms with E-state index in [9.17, 15) is 19.8 Å². The van der Waals surface area contributed by atoms with Crippen LogP contribution in [-0.2, 0) is 14.3 Å². The van der Waals surface area contributed by atoms with Crippen molar-refractivity contribution in [1.82, 2.24) is 0 Å². The molecule has 0 radical (unpaired) electrons. The first-order valence-corrected chi connectivity index (χ1v) is 10.1. The van der Waals surface area contributed by atoms with Gasteiger partial charge in [-0.05, 0) is 64.3 Å². The highest BCUT2D eigenvalue weighted by atomic mass is 16.5. The summed E-state index contributed by atoms with van der Waals surface area (Å²) in [5.74, 6) is -0.887.